The van der Waals surface area contributed by atoms with Gasteiger partial charge < -0.3 is 9.05 Å². The minimum Gasteiger partial charge on any atom is -0.309 e. The summed E-state index contributed by atoms with van der Waals surface area (Å²) in [4.78, 5) is 0. The first-order valence-corrected chi connectivity index (χ1v) is 10.8. The van der Waals surface area contributed by atoms with Gasteiger partial charge in [-0.15, -0.1) is 0 Å². The summed E-state index contributed by atoms with van der Waals surface area (Å²) < 4.78 is 24.0. The Morgan fingerprint density at radius 2 is 1.05 bits per heavy atom. The molecule has 0 radical (unpaired) electrons. The molecule has 0 aliphatic carbocycles. The van der Waals surface area contributed by atoms with Crippen molar-refractivity contribution in [3.8, 4) is 0 Å². The average molecular weight is 320 g/mol. The molecule has 0 saturated carbocycles. The van der Waals surface area contributed by atoms with Crippen molar-refractivity contribution >= 4 is 7.60 Å². The predicted molar refractivity (Wildman–Crippen MR) is 92.2 cm³/mol. The molecule has 0 amide bonds. The van der Waals surface area contributed by atoms with Crippen LogP contribution >= 0.6 is 7.60 Å². The van der Waals surface area contributed by atoms with E-state index < -0.39 is 7.60 Å². The maximum atomic E-state index is 12.7. The first kappa shape index (κ1) is 21.1. The van der Waals surface area contributed by atoms with Crippen molar-refractivity contribution in [1.29, 1.82) is 0 Å². The van der Waals surface area contributed by atoms with Crippen LogP contribution in [0, 0.1) is 0 Å². The normalized spacial score (nSPS) is 12.0. The largest absolute Gasteiger partial charge is 0.330 e. The third-order valence-electron chi connectivity index (χ3n) is 3.61. The highest BCUT2D eigenvalue weighted by molar-refractivity contribution is 7.53. The van der Waals surface area contributed by atoms with E-state index in [1.54, 1.807) is 0 Å². The average Bonchev–Trinajstić information content (AvgIpc) is 2.48. The van der Waals surface area contributed by atoms with Crippen LogP contribution in [0.15, 0.2) is 0 Å². The van der Waals surface area contributed by atoms with Gasteiger partial charge in [-0.05, 0) is 19.3 Å². The van der Waals surface area contributed by atoms with Crippen molar-refractivity contribution in [1.82, 2.24) is 0 Å². The van der Waals surface area contributed by atoms with Crippen LogP contribution in [0.1, 0.15) is 91.4 Å². The summed E-state index contributed by atoms with van der Waals surface area (Å²) in [6.07, 6.45) is 12.9. The van der Waals surface area contributed by atoms with E-state index in [0.717, 1.165) is 51.4 Å². The molecular formula is C17H37O3P. The lowest BCUT2D eigenvalue weighted by molar-refractivity contribution is 0.197. The van der Waals surface area contributed by atoms with Gasteiger partial charge in [0.25, 0.3) is 0 Å². The Balaban J connectivity index is 4.02. The zero-order valence-electron chi connectivity index (χ0n) is 14.6. The molecule has 0 aromatic carbocycles. The number of rotatable bonds is 16. The molecule has 0 N–H and O–H groups in total. The van der Waals surface area contributed by atoms with Crippen LogP contribution in [-0.2, 0) is 13.6 Å². The summed E-state index contributed by atoms with van der Waals surface area (Å²) in [7, 11) is -2.85. The van der Waals surface area contributed by atoms with E-state index in [9.17, 15) is 4.57 Å². The van der Waals surface area contributed by atoms with Crippen molar-refractivity contribution < 1.29 is 13.6 Å². The minimum absolute atomic E-state index is 0.577. The van der Waals surface area contributed by atoms with E-state index in [1.165, 1.54) is 19.3 Å². The molecule has 0 spiro atoms. The number of hydrogen-bond donors (Lipinski definition) is 0. The third-order valence-corrected chi connectivity index (χ3v) is 5.62. The molecule has 0 aromatic rings. The minimum atomic E-state index is -2.85. The fourth-order valence-electron chi connectivity index (χ4n) is 2.19. The highest BCUT2D eigenvalue weighted by Gasteiger charge is 2.23. The van der Waals surface area contributed by atoms with Crippen LogP contribution in [0.3, 0.4) is 0 Å². The molecule has 3 nitrogen and oxygen atoms in total. The van der Waals surface area contributed by atoms with Gasteiger partial charge in [-0.3, -0.25) is 4.57 Å². The lowest BCUT2D eigenvalue weighted by Gasteiger charge is -2.18. The quantitative estimate of drug-likeness (QED) is 0.238. The van der Waals surface area contributed by atoms with Gasteiger partial charge in [0.15, 0.2) is 0 Å². The first-order chi connectivity index (χ1) is 10.2. The van der Waals surface area contributed by atoms with Crippen LogP contribution in [-0.4, -0.2) is 19.4 Å². The molecule has 128 valence electrons. The summed E-state index contributed by atoms with van der Waals surface area (Å²) in [5.74, 6) is 0. The zero-order chi connectivity index (χ0) is 15.8. The molecule has 0 atom stereocenters. The molecule has 0 bridgehead atoms. The number of hydrogen-bond acceptors (Lipinski definition) is 3. The van der Waals surface area contributed by atoms with Crippen LogP contribution in [0.25, 0.3) is 0 Å². The Kier molecular flexibility index (Phi) is 15.2. The molecule has 0 aliphatic rings. The first-order valence-electron chi connectivity index (χ1n) is 9.06. The Hall–Kier alpha value is 0.150. The lowest BCUT2D eigenvalue weighted by Crippen LogP contribution is -2.03. The molecule has 0 heterocycles. The van der Waals surface area contributed by atoms with E-state index in [2.05, 4.69) is 20.8 Å². The van der Waals surface area contributed by atoms with Gasteiger partial charge in [-0.1, -0.05) is 72.1 Å². The third kappa shape index (κ3) is 13.5. The monoisotopic (exact) mass is 320 g/mol. The summed E-state index contributed by atoms with van der Waals surface area (Å²) in [6, 6.07) is 0. The second-order valence-corrected chi connectivity index (χ2v) is 8.01. The molecule has 0 fully saturated rings. The van der Waals surface area contributed by atoms with Gasteiger partial charge in [-0.2, -0.15) is 0 Å². The van der Waals surface area contributed by atoms with Gasteiger partial charge >= 0.3 is 7.60 Å². The summed E-state index contributed by atoms with van der Waals surface area (Å²) >= 11 is 0. The van der Waals surface area contributed by atoms with Crippen LogP contribution in [0.5, 0.6) is 0 Å². The van der Waals surface area contributed by atoms with E-state index in [-0.39, 0.29) is 0 Å². The van der Waals surface area contributed by atoms with Gasteiger partial charge in [0.2, 0.25) is 0 Å². The summed E-state index contributed by atoms with van der Waals surface area (Å²) in [5, 5.41) is 0. The van der Waals surface area contributed by atoms with Crippen LogP contribution < -0.4 is 0 Å². The highest BCUT2D eigenvalue weighted by atomic mass is 31.2. The maximum absolute atomic E-state index is 12.7. The Morgan fingerprint density at radius 3 is 1.52 bits per heavy atom. The SMILES string of the molecule is CCCCCCCP(=O)(OCCCCC)OCCCCC. The molecule has 0 rings (SSSR count). The van der Waals surface area contributed by atoms with Crippen molar-refractivity contribution in [2.75, 3.05) is 19.4 Å². The summed E-state index contributed by atoms with van der Waals surface area (Å²) in [6.45, 7) is 7.68. The standard InChI is InChI=1S/C17H37O3P/c1-4-7-10-11-14-17-21(18,19-15-12-8-5-2)20-16-13-9-6-3/h4-17H2,1-3H3. The van der Waals surface area contributed by atoms with E-state index in [0.29, 0.717) is 19.4 Å². The number of unbranched alkanes of at least 4 members (excludes halogenated alkanes) is 8. The van der Waals surface area contributed by atoms with Crippen LogP contribution in [0.4, 0.5) is 0 Å². The molecule has 0 aliphatic heterocycles. The highest BCUT2D eigenvalue weighted by Crippen LogP contribution is 2.49. The molecule has 0 unspecified atom stereocenters. The summed E-state index contributed by atoms with van der Waals surface area (Å²) in [5.41, 5.74) is 0. The van der Waals surface area contributed by atoms with E-state index in [4.69, 9.17) is 9.05 Å². The maximum Gasteiger partial charge on any atom is 0.330 e. The molecule has 0 aromatic heterocycles. The van der Waals surface area contributed by atoms with Crippen molar-refractivity contribution in [3.63, 3.8) is 0 Å². The van der Waals surface area contributed by atoms with Gasteiger partial charge in [-0.25, -0.2) is 0 Å². The van der Waals surface area contributed by atoms with E-state index >= 15 is 0 Å². The fraction of sp³-hybridized carbons (Fsp3) is 1.00. The Bertz CT molecular complexity index is 240. The lowest BCUT2D eigenvalue weighted by atomic mass is 10.2. The second kappa shape index (κ2) is 15.1. The van der Waals surface area contributed by atoms with Gasteiger partial charge in [0.1, 0.15) is 0 Å². The van der Waals surface area contributed by atoms with Crippen molar-refractivity contribution in [2.45, 2.75) is 91.4 Å². The smallest absolute Gasteiger partial charge is 0.309 e. The molecule has 21 heavy (non-hydrogen) atoms. The van der Waals surface area contributed by atoms with Crippen LogP contribution in [0.2, 0.25) is 0 Å². The van der Waals surface area contributed by atoms with Crippen molar-refractivity contribution in [3.05, 3.63) is 0 Å². The zero-order valence-corrected chi connectivity index (χ0v) is 15.5. The fourth-order valence-corrected chi connectivity index (χ4v) is 3.94. The van der Waals surface area contributed by atoms with Gasteiger partial charge in [0.05, 0.1) is 19.4 Å². The van der Waals surface area contributed by atoms with Gasteiger partial charge in [0, 0.05) is 0 Å². The van der Waals surface area contributed by atoms with Crippen molar-refractivity contribution in [2.24, 2.45) is 0 Å². The Morgan fingerprint density at radius 1 is 0.619 bits per heavy atom. The topological polar surface area (TPSA) is 35.5 Å². The second-order valence-electron chi connectivity index (χ2n) is 5.83. The molecular weight excluding hydrogens is 283 g/mol. The predicted octanol–water partition coefficient (Wildman–Crippen LogP) is 6.56. The Labute approximate surface area is 132 Å². The molecule has 0 saturated heterocycles. The van der Waals surface area contributed by atoms with E-state index in [1.807, 2.05) is 0 Å². The molecule has 4 heteroatoms.